The third-order valence-electron chi connectivity index (χ3n) is 4.34. The van der Waals surface area contributed by atoms with Crippen molar-refractivity contribution < 1.29 is 9.00 Å². The van der Waals surface area contributed by atoms with Crippen molar-refractivity contribution >= 4 is 28.2 Å². The zero-order valence-electron chi connectivity index (χ0n) is 16.3. The van der Waals surface area contributed by atoms with Crippen molar-refractivity contribution in [1.29, 1.82) is 0 Å². The maximum absolute atomic E-state index is 13.0. The molecule has 0 aliphatic heterocycles. The quantitative estimate of drug-likeness (QED) is 0.536. The van der Waals surface area contributed by atoms with Crippen LogP contribution in [0.15, 0.2) is 47.5 Å². The first kappa shape index (κ1) is 21.1. The molecule has 0 spiro atoms. The van der Waals surface area contributed by atoms with E-state index in [4.69, 9.17) is 11.6 Å². The summed E-state index contributed by atoms with van der Waals surface area (Å²) in [5, 5.41) is 9.09. The van der Waals surface area contributed by atoms with E-state index in [1.54, 1.807) is 48.4 Å². The van der Waals surface area contributed by atoms with Crippen LogP contribution in [0.5, 0.6) is 0 Å². The lowest BCUT2D eigenvalue weighted by Crippen LogP contribution is -2.28. The van der Waals surface area contributed by atoms with Crippen molar-refractivity contribution in [2.24, 2.45) is 13.0 Å². The summed E-state index contributed by atoms with van der Waals surface area (Å²) in [5.41, 5.74) is 1.20. The summed E-state index contributed by atoms with van der Waals surface area (Å²) in [5.74, 6) is -0.00702. The average Bonchev–Trinajstić information content (AvgIpc) is 3.08. The molecule has 0 saturated heterocycles. The molecule has 3 rings (SSSR count). The van der Waals surface area contributed by atoms with E-state index >= 15 is 0 Å². The van der Waals surface area contributed by atoms with Gasteiger partial charge in [-0.25, -0.2) is 0 Å². The molecule has 0 radical (unpaired) electrons. The van der Waals surface area contributed by atoms with E-state index in [1.165, 1.54) is 16.9 Å². The number of Topliss-reactive ketones (excluding diaryl/α,β-unsaturated/α-hetero) is 1. The highest BCUT2D eigenvalue weighted by Crippen LogP contribution is 2.21. The predicted octanol–water partition coefficient (Wildman–Crippen LogP) is 2.87. The molecule has 2 aromatic heterocycles. The molecule has 7 nitrogen and oxygen atoms in total. The first-order valence-electron chi connectivity index (χ1n) is 8.97. The summed E-state index contributed by atoms with van der Waals surface area (Å²) in [7, 11) is 0.719. The third-order valence-corrected chi connectivity index (χ3v) is 5.63. The van der Waals surface area contributed by atoms with Crippen LogP contribution in [0.4, 0.5) is 0 Å². The van der Waals surface area contributed by atoms with Crippen LogP contribution in [0.2, 0.25) is 5.02 Å². The zero-order valence-corrected chi connectivity index (χ0v) is 17.9. The second-order valence-corrected chi connectivity index (χ2v) is 8.93. The van der Waals surface area contributed by atoms with Crippen LogP contribution in [0.3, 0.4) is 0 Å². The lowest BCUT2D eigenvalue weighted by molar-refractivity contribution is 0.0966. The van der Waals surface area contributed by atoms with Gasteiger partial charge in [-0.1, -0.05) is 30.7 Å². The Balaban J connectivity index is 2.10. The molecule has 0 N–H and O–H groups in total. The number of hydrogen-bond acceptors (Lipinski definition) is 5. The van der Waals surface area contributed by atoms with E-state index in [2.05, 4.69) is 10.2 Å². The summed E-state index contributed by atoms with van der Waals surface area (Å²) in [6, 6.07) is 8.51. The molecule has 29 heavy (non-hydrogen) atoms. The molecule has 9 heteroatoms. The molecule has 152 valence electrons. The summed E-state index contributed by atoms with van der Waals surface area (Å²) >= 11 is 5.97. The van der Waals surface area contributed by atoms with Crippen molar-refractivity contribution in [2.75, 3.05) is 12.0 Å². The van der Waals surface area contributed by atoms with Gasteiger partial charge in [-0.2, -0.15) is 14.9 Å². The summed E-state index contributed by atoms with van der Waals surface area (Å²) in [4.78, 5) is 25.9. The van der Waals surface area contributed by atoms with Gasteiger partial charge in [-0.15, -0.1) is 0 Å². The Hall–Kier alpha value is -2.58. The molecular formula is C20H21ClN4O3S. The molecule has 1 aromatic carbocycles. The minimum Gasteiger partial charge on any atom is -0.294 e. The maximum atomic E-state index is 13.0. The number of nitrogens with zero attached hydrogens (tertiary/aromatic N) is 4. The molecule has 0 fully saturated rings. The fourth-order valence-corrected chi connectivity index (χ4v) is 4.08. The minimum absolute atomic E-state index is 0.0440. The Labute approximate surface area is 175 Å². The van der Waals surface area contributed by atoms with E-state index in [0.717, 1.165) is 5.56 Å². The topological polar surface area (TPSA) is 86.8 Å². The number of hydrogen-bond donors (Lipinski definition) is 0. The van der Waals surface area contributed by atoms with Crippen LogP contribution in [0, 0.1) is 5.92 Å². The number of carbonyl (C=O) groups excluding carboxylic acids is 1. The zero-order chi connectivity index (χ0) is 21.1. The molecule has 0 aliphatic rings. The van der Waals surface area contributed by atoms with E-state index < -0.39 is 16.4 Å². The van der Waals surface area contributed by atoms with Gasteiger partial charge in [-0.3, -0.25) is 18.5 Å². The number of carbonyl (C=O) groups is 1. The van der Waals surface area contributed by atoms with E-state index in [1.807, 2.05) is 6.92 Å². The molecule has 2 atom stereocenters. The van der Waals surface area contributed by atoms with Gasteiger partial charge in [0, 0.05) is 46.9 Å². The van der Waals surface area contributed by atoms with Gasteiger partial charge in [0.1, 0.15) is 5.69 Å². The summed E-state index contributed by atoms with van der Waals surface area (Å²) in [6.45, 7) is 1.85. The van der Waals surface area contributed by atoms with E-state index in [0.29, 0.717) is 22.2 Å². The van der Waals surface area contributed by atoms with Gasteiger partial charge in [0.25, 0.3) is 5.56 Å². The van der Waals surface area contributed by atoms with Crippen LogP contribution < -0.4 is 5.56 Å². The standard InChI is InChI=1S/C20H21ClN4O3S/c1-13(12-29(3)28)8-19(26)17-9-18(14-4-6-15(21)7-5-14)23-25(20(17)27)16-10-22-24(2)11-16/h4-7,9-11,13H,8,12H2,1-3H3/t13-,29?/m1/s1. The normalized spacial score (nSPS) is 13.2. The number of rotatable bonds is 7. The molecule has 0 aliphatic carbocycles. The SMILES string of the molecule is C[C@H](CC(=O)c1cc(-c2ccc(Cl)cc2)nn(-c2cnn(C)c2)c1=O)CS(C)=O. The monoisotopic (exact) mass is 432 g/mol. The largest absolute Gasteiger partial charge is 0.294 e. The van der Waals surface area contributed by atoms with Crippen LogP contribution in [-0.4, -0.2) is 41.6 Å². The highest BCUT2D eigenvalue weighted by atomic mass is 35.5. The number of aromatic nitrogens is 4. The van der Waals surface area contributed by atoms with E-state index in [-0.39, 0.29) is 23.7 Å². The third kappa shape index (κ3) is 5.07. The van der Waals surface area contributed by atoms with Gasteiger partial charge < -0.3 is 0 Å². The highest BCUT2D eigenvalue weighted by Gasteiger charge is 2.20. The first-order valence-corrected chi connectivity index (χ1v) is 11.1. The van der Waals surface area contributed by atoms with E-state index in [9.17, 15) is 13.8 Å². The summed E-state index contributed by atoms with van der Waals surface area (Å²) < 4.78 is 14.2. The minimum atomic E-state index is -1.01. The lowest BCUT2D eigenvalue weighted by Gasteiger charge is -2.11. The Kier molecular flexibility index (Phi) is 6.44. The van der Waals surface area contributed by atoms with Crippen molar-refractivity contribution in [1.82, 2.24) is 19.6 Å². The fourth-order valence-electron chi connectivity index (χ4n) is 3.03. The van der Waals surface area contributed by atoms with Crippen LogP contribution in [-0.2, 0) is 17.8 Å². The predicted molar refractivity (Wildman–Crippen MR) is 114 cm³/mol. The Bertz CT molecular complexity index is 1120. The van der Waals surface area contributed by atoms with Crippen molar-refractivity contribution in [2.45, 2.75) is 13.3 Å². The van der Waals surface area contributed by atoms with Crippen molar-refractivity contribution in [3.05, 3.63) is 63.7 Å². The van der Waals surface area contributed by atoms with Gasteiger partial charge in [-0.05, 0) is 24.1 Å². The molecule has 0 bridgehead atoms. The number of benzene rings is 1. The molecule has 3 aromatic rings. The van der Waals surface area contributed by atoms with Gasteiger partial charge >= 0.3 is 0 Å². The molecule has 0 saturated carbocycles. The second kappa shape index (κ2) is 8.84. The average molecular weight is 433 g/mol. The second-order valence-electron chi connectivity index (χ2n) is 7.01. The van der Waals surface area contributed by atoms with Gasteiger partial charge in [0.2, 0.25) is 0 Å². The molecule has 1 unspecified atom stereocenters. The maximum Gasteiger partial charge on any atom is 0.282 e. The van der Waals surface area contributed by atoms with Crippen LogP contribution in [0.25, 0.3) is 16.9 Å². The molecule has 0 amide bonds. The van der Waals surface area contributed by atoms with Crippen molar-refractivity contribution in [3.63, 3.8) is 0 Å². The lowest BCUT2D eigenvalue weighted by atomic mass is 10.0. The highest BCUT2D eigenvalue weighted by molar-refractivity contribution is 7.84. The van der Waals surface area contributed by atoms with Crippen molar-refractivity contribution in [3.8, 4) is 16.9 Å². The van der Waals surface area contributed by atoms with Crippen LogP contribution >= 0.6 is 11.6 Å². The smallest absolute Gasteiger partial charge is 0.282 e. The van der Waals surface area contributed by atoms with Gasteiger partial charge in [0.05, 0.1) is 23.7 Å². The number of halogens is 1. The number of ketones is 1. The summed E-state index contributed by atoms with van der Waals surface area (Å²) in [6.07, 6.45) is 4.89. The fraction of sp³-hybridized carbons (Fsp3) is 0.300. The molecule has 2 heterocycles. The first-order chi connectivity index (χ1) is 13.7. The van der Waals surface area contributed by atoms with Gasteiger partial charge in [0.15, 0.2) is 5.78 Å². The number of aryl methyl sites for hydroxylation is 1. The Morgan fingerprint density at radius 3 is 2.55 bits per heavy atom. The Morgan fingerprint density at radius 1 is 1.28 bits per heavy atom. The Morgan fingerprint density at radius 2 is 1.97 bits per heavy atom. The molecular weight excluding hydrogens is 412 g/mol. The van der Waals surface area contributed by atoms with Crippen LogP contribution in [0.1, 0.15) is 23.7 Å².